The molecule has 1 aliphatic heterocycles. The number of esters is 1. The third kappa shape index (κ3) is 2.30. The van der Waals surface area contributed by atoms with Crippen LogP contribution in [0.1, 0.15) is 13.8 Å². The van der Waals surface area contributed by atoms with Crippen molar-refractivity contribution < 1.29 is 19.7 Å². The highest BCUT2D eigenvalue weighted by Crippen LogP contribution is 2.33. The number of nitrogens with zero attached hydrogens (tertiary/aromatic N) is 1. The molecule has 1 fully saturated rings. The molecule has 1 aliphatic rings. The third-order valence-electron chi connectivity index (χ3n) is 2.96. The van der Waals surface area contributed by atoms with Gasteiger partial charge in [-0.15, -0.1) is 0 Å². The Morgan fingerprint density at radius 1 is 1.53 bits per heavy atom. The number of β-amino-alcohol motifs (C(OH)–C–C–N with tert-alkyl or cyclic N) is 1. The Kier molecular flexibility index (Phi) is 3.38. The quantitative estimate of drug-likeness (QED) is 0.594. The number of hydrogen-bond donors (Lipinski definition) is 2. The normalized spacial score (nSPS) is 33.1. The maximum atomic E-state index is 11.5. The molecule has 1 rings (SSSR count). The maximum absolute atomic E-state index is 11.5. The van der Waals surface area contributed by atoms with Crippen molar-refractivity contribution in [3.8, 4) is 0 Å². The Morgan fingerprint density at radius 3 is 2.47 bits per heavy atom. The topological polar surface area (TPSA) is 70.0 Å². The first-order valence-corrected chi connectivity index (χ1v) is 4.97. The lowest BCUT2D eigenvalue weighted by Crippen LogP contribution is -2.48. The molecule has 3 atom stereocenters. The predicted octanol–water partition coefficient (Wildman–Crippen LogP) is -0.779. The first-order chi connectivity index (χ1) is 6.79. The van der Waals surface area contributed by atoms with Gasteiger partial charge in [0.05, 0.1) is 18.8 Å². The number of hydrogen-bond acceptors (Lipinski definition) is 5. The minimum Gasteiger partial charge on any atom is -0.468 e. The number of methoxy groups -OCH3 is 1. The minimum atomic E-state index is -1.11. The summed E-state index contributed by atoms with van der Waals surface area (Å²) in [5.41, 5.74) is -1.11. The maximum Gasteiger partial charge on any atom is 0.323 e. The van der Waals surface area contributed by atoms with Crippen molar-refractivity contribution in [2.75, 3.05) is 20.7 Å². The standard InChI is InChI=1S/C10H19NO4/c1-10(2,14)7-6(12)5-11(3)8(7)9(13)15-4/h6-8,12,14H,5H2,1-4H3/t6-,7-,8-/m0/s1. The van der Waals surface area contributed by atoms with E-state index < -0.39 is 29.6 Å². The summed E-state index contributed by atoms with van der Waals surface area (Å²) in [6.45, 7) is 3.56. The molecule has 0 aromatic rings. The molecule has 15 heavy (non-hydrogen) atoms. The van der Waals surface area contributed by atoms with E-state index in [2.05, 4.69) is 4.74 Å². The summed E-state index contributed by atoms with van der Waals surface area (Å²) in [5, 5.41) is 19.7. The van der Waals surface area contributed by atoms with Crippen LogP contribution in [0.4, 0.5) is 0 Å². The molecule has 5 nitrogen and oxygen atoms in total. The fourth-order valence-electron chi connectivity index (χ4n) is 2.31. The van der Waals surface area contributed by atoms with Crippen molar-refractivity contribution >= 4 is 5.97 Å². The zero-order valence-corrected chi connectivity index (χ0v) is 9.60. The van der Waals surface area contributed by atoms with Gasteiger partial charge in [-0.05, 0) is 20.9 Å². The van der Waals surface area contributed by atoms with E-state index in [9.17, 15) is 15.0 Å². The van der Waals surface area contributed by atoms with Crippen LogP contribution in [0.15, 0.2) is 0 Å². The monoisotopic (exact) mass is 217 g/mol. The molecule has 0 aliphatic carbocycles. The summed E-state index contributed by atoms with van der Waals surface area (Å²) in [6.07, 6.45) is -0.709. The Balaban J connectivity index is 2.95. The molecule has 1 saturated heterocycles. The molecule has 88 valence electrons. The molecule has 0 unspecified atom stereocenters. The summed E-state index contributed by atoms with van der Waals surface area (Å²) in [6, 6.07) is -0.579. The van der Waals surface area contributed by atoms with Crippen LogP contribution in [0.25, 0.3) is 0 Å². The zero-order valence-electron chi connectivity index (χ0n) is 9.60. The predicted molar refractivity (Wildman–Crippen MR) is 54.2 cm³/mol. The molecule has 0 spiro atoms. The van der Waals surface area contributed by atoms with Gasteiger partial charge in [-0.1, -0.05) is 0 Å². The van der Waals surface area contributed by atoms with E-state index in [0.717, 1.165) is 0 Å². The van der Waals surface area contributed by atoms with Crippen LogP contribution in [-0.2, 0) is 9.53 Å². The number of carbonyl (C=O) groups is 1. The van der Waals surface area contributed by atoms with Gasteiger partial charge in [0, 0.05) is 12.5 Å². The summed E-state index contributed by atoms with van der Waals surface area (Å²) < 4.78 is 4.68. The molecule has 0 aromatic heterocycles. The number of likely N-dealkylation sites (N-methyl/N-ethyl adjacent to an activating group) is 1. The average molecular weight is 217 g/mol. The Hall–Kier alpha value is -0.650. The van der Waals surface area contributed by atoms with Crippen LogP contribution < -0.4 is 0 Å². The van der Waals surface area contributed by atoms with E-state index >= 15 is 0 Å². The van der Waals surface area contributed by atoms with E-state index in [1.54, 1.807) is 25.8 Å². The SMILES string of the molecule is COC(=O)[C@@H]1[C@@H](C(C)(C)O)[C@@H](O)CN1C. The van der Waals surface area contributed by atoms with Crippen molar-refractivity contribution in [1.82, 2.24) is 4.90 Å². The van der Waals surface area contributed by atoms with E-state index in [1.165, 1.54) is 7.11 Å². The van der Waals surface area contributed by atoms with Crippen molar-refractivity contribution in [2.24, 2.45) is 5.92 Å². The smallest absolute Gasteiger partial charge is 0.323 e. The fourth-order valence-corrected chi connectivity index (χ4v) is 2.31. The molecule has 0 amide bonds. The number of rotatable bonds is 2. The lowest BCUT2D eigenvalue weighted by molar-refractivity contribution is -0.151. The molecule has 0 aromatic carbocycles. The largest absolute Gasteiger partial charge is 0.468 e. The summed E-state index contributed by atoms with van der Waals surface area (Å²) >= 11 is 0. The lowest BCUT2D eigenvalue weighted by Gasteiger charge is -2.32. The molecule has 0 saturated carbocycles. The van der Waals surface area contributed by atoms with Gasteiger partial charge >= 0.3 is 5.97 Å². The second-order valence-corrected chi connectivity index (χ2v) is 4.65. The van der Waals surface area contributed by atoms with Crippen LogP contribution in [0.3, 0.4) is 0 Å². The number of aliphatic hydroxyl groups is 2. The van der Waals surface area contributed by atoms with Crippen LogP contribution in [0.5, 0.6) is 0 Å². The first-order valence-electron chi connectivity index (χ1n) is 4.97. The van der Waals surface area contributed by atoms with Crippen molar-refractivity contribution in [3.63, 3.8) is 0 Å². The number of ether oxygens (including phenoxy) is 1. The summed E-state index contributed by atoms with van der Waals surface area (Å²) in [7, 11) is 3.04. The van der Waals surface area contributed by atoms with Gasteiger partial charge in [-0.3, -0.25) is 9.69 Å². The molecule has 2 N–H and O–H groups in total. The fraction of sp³-hybridized carbons (Fsp3) is 0.900. The first kappa shape index (κ1) is 12.4. The van der Waals surface area contributed by atoms with Crippen LogP contribution in [-0.4, -0.2) is 59.5 Å². The molecular weight excluding hydrogens is 198 g/mol. The van der Waals surface area contributed by atoms with Crippen molar-refractivity contribution in [2.45, 2.75) is 31.6 Å². The zero-order chi connectivity index (χ0) is 11.8. The van der Waals surface area contributed by atoms with Gasteiger partial charge < -0.3 is 14.9 Å². The summed E-state index contributed by atoms with van der Waals surface area (Å²) in [5.74, 6) is -0.934. The highest BCUT2D eigenvalue weighted by molar-refractivity contribution is 5.76. The van der Waals surface area contributed by atoms with E-state index in [4.69, 9.17) is 0 Å². The highest BCUT2D eigenvalue weighted by Gasteiger charge is 2.50. The van der Waals surface area contributed by atoms with E-state index in [0.29, 0.717) is 6.54 Å². The second kappa shape index (κ2) is 4.08. The molecule has 0 radical (unpaired) electrons. The molecule has 1 heterocycles. The molecular formula is C10H19NO4. The Labute approximate surface area is 89.6 Å². The van der Waals surface area contributed by atoms with Crippen LogP contribution in [0.2, 0.25) is 0 Å². The molecule has 5 heteroatoms. The van der Waals surface area contributed by atoms with Crippen molar-refractivity contribution in [3.05, 3.63) is 0 Å². The Bertz CT molecular complexity index is 248. The highest BCUT2D eigenvalue weighted by atomic mass is 16.5. The van der Waals surface area contributed by atoms with Gasteiger partial charge in [-0.25, -0.2) is 0 Å². The summed E-state index contributed by atoms with van der Waals surface area (Å²) in [4.78, 5) is 13.2. The van der Waals surface area contributed by atoms with Gasteiger partial charge in [0.1, 0.15) is 6.04 Å². The van der Waals surface area contributed by atoms with Crippen LogP contribution in [0, 0.1) is 5.92 Å². The van der Waals surface area contributed by atoms with Gasteiger partial charge in [0.15, 0.2) is 0 Å². The van der Waals surface area contributed by atoms with Gasteiger partial charge in [0.2, 0.25) is 0 Å². The van der Waals surface area contributed by atoms with Crippen LogP contribution >= 0.6 is 0 Å². The third-order valence-corrected chi connectivity index (χ3v) is 2.96. The minimum absolute atomic E-state index is 0.369. The van der Waals surface area contributed by atoms with E-state index in [1.807, 2.05) is 0 Å². The van der Waals surface area contributed by atoms with Crippen molar-refractivity contribution in [1.29, 1.82) is 0 Å². The van der Waals surface area contributed by atoms with Gasteiger partial charge in [0.25, 0.3) is 0 Å². The number of aliphatic hydroxyl groups excluding tert-OH is 1. The van der Waals surface area contributed by atoms with E-state index in [-0.39, 0.29) is 0 Å². The Morgan fingerprint density at radius 2 is 2.07 bits per heavy atom. The molecule has 0 bridgehead atoms. The second-order valence-electron chi connectivity index (χ2n) is 4.65. The average Bonchev–Trinajstić information content (AvgIpc) is 2.38. The number of likely N-dealkylation sites (tertiary alicyclic amines) is 1. The lowest BCUT2D eigenvalue weighted by atomic mass is 9.83. The number of carbonyl (C=O) groups excluding carboxylic acids is 1. The van der Waals surface area contributed by atoms with Gasteiger partial charge in [-0.2, -0.15) is 0 Å².